The van der Waals surface area contributed by atoms with Gasteiger partial charge in [-0.15, -0.1) is 6.42 Å². The third kappa shape index (κ3) is 4.09. The summed E-state index contributed by atoms with van der Waals surface area (Å²) < 4.78 is 18.9. The number of carbonyl (C=O) groups is 1. The van der Waals surface area contributed by atoms with Gasteiger partial charge >= 0.3 is 6.03 Å². The van der Waals surface area contributed by atoms with Crippen LogP contribution in [-0.4, -0.2) is 34.0 Å². The van der Waals surface area contributed by atoms with Gasteiger partial charge in [0.05, 0.1) is 10.7 Å². The molecule has 1 aromatic carbocycles. The first kappa shape index (κ1) is 17.4. The van der Waals surface area contributed by atoms with Crippen molar-refractivity contribution in [2.24, 2.45) is 0 Å². The summed E-state index contributed by atoms with van der Waals surface area (Å²) in [6.45, 7) is 4.18. The molecule has 2 rings (SSSR count). The topological polar surface area (TPSA) is 65.4 Å². The number of benzene rings is 1. The lowest BCUT2D eigenvalue weighted by molar-refractivity contribution is 0.233. The lowest BCUT2D eigenvalue weighted by Gasteiger charge is -2.19. The molecule has 1 aliphatic rings. The van der Waals surface area contributed by atoms with E-state index in [1.54, 1.807) is 0 Å². The Morgan fingerprint density at radius 2 is 2.35 bits per heavy atom. The van der Waals surface area contributed by atoms with Crippen LogP contribution in [0.1, 0.15) is 13.8 Å². The van der Waals surface area contributed by atoms with E-state index >= 15 is 0 Å². The number of amidine groups is 1. The molecule has 0 aliphatic carbocycles. The van der Waals surface area contributed by atoms with Crippen molar-refractivity contribution in [2.45, 2.75) is 18.6 Å². The van der Waals surface area contributed by atoms with E-state index < -0.39 is 11.8 Å². The van der Waals surface area contributed by atoms with Crippen molar-refractivity contribution < 1.29 is 13.9 Å². The number of amides is 2. The summed E-state index contributed by atoms with van der Waals surface area (Å²) in [7, 11) is 0. The largest absolute Gasteiger partial charge is 0.479 e. The van der Waals surface area contributed by atoms with Gasteiger partial charge in [0.15, 0.2) is 5.17 Å². The molecular formula is C15H15ClFN3O2S. The third-order valence-electron chi connectivity index (χ3n) is 2.98. The summed E-state index contributed by atoms with van der Waals surface area (Å²) in [6, 6.07) is 1.72. The summed E-state index contributed by atoms with van der Waals surface area (Å²) in [6.07, 6.45) is 5.10. The van der Waals surface area contributed by atoms with Gasteiger partial charge in [0.2, 0.25) is 0 Å². The highest BCUT2D eigenvalue weighted by molar-refractivity contribution is 8.15. The molecule has 23 heavy (non-hydrogen) atoms. The maximum Gasteiger partial charge on any atom is 0.328 e. The molecule has 0 unspecified atom stereocenters. The zero-order chi connectivity index (χ0) is 17.2. The Kier molecular flexibility index (Phi) is 5.07. The zero-order valence-electron chi connectivity index (χ0n) is 12.6. The van der Waals surface area contributed by atoms with Crippen LogP contribution in [0.4, 0.5) is 14.9 Å². The maximum atomic E-state index is 14.0. The number of anilines is 1. The minimum atomic E-state index is -0.700. The van der Waals surface area contributed by atoms with E-state index in [4.69, 9.17) is 28.2 Å². The van der Waals surface area contributed by atoms with Gasteiger partial charge in [-0.05, 0) is 19.9 Å². The molecule has 2 N–H and O–H groups in total. The highest BCUT2D eigenvalue weighted by Crippen LogP contribution is 2.35. The summed E-state index contributed by atoms with van der Waals surface area (Å²) in [5, 5.41) is 10.5. The molecule has 122 valence electrons. The van der Waals surface area contributed by atoms with Crippen LogP contribution in [-0.2, 0) is 0 Å². The second-order valence-electron chi connectivity index (χ2n) is 5.44. The Morgan fingerprint density at radius 3 is 2.91 bits per heavy atom. The fourth-order valence-corrected chi connectivity index (χ4v) is 3.18. The van der Waals surface area contributed by atoms with Gasteiger partial charge in [0.25, 0.3) is 0 Å². The maximum absolute atomic E-state index is 14.0. The SMILES string of the molecule is C#CCOc1cc(NC(=O)N2CC(C)(C)SC2=N)c(F)cc1Cl. The quantitative estimate of drug-likeness (QED) is 0.811. The average molecular weight is 356 g/mol. The van der Waals surface area contributed by atoms with Gasteiger partial charge in [-0.25, -0.2) is 9.18 Å². The summed E-state index contributed by atoms with van der Waals surface area (Å²) >= 11 is 7.14. The van der Waals surface area contributed by atoms with Crippen molar-refractivity contribution >= 4 is 40.2 Å². The van der Waals surface area contributed by atoms with Crippen LogP contribution in [0, 0.1) is 23.6 Å². The van der Waals surface area contributed by atoms with Crippen molar-refractivity contribution in [3.05, 3.63) is 23.0 Å². The van der Waals surface area contributed by atoms with Crippen molar-refractivity contribution in [1.82, 2.24) is 4.90 Å². The minimum absolute atomic E-state index is 0.0274. The second-order valence-corrected chi connectivity index (χ2v) is 7.54. The van der Waals surface area contributed by atoms with E-state index in [0.29, 0.717) is 6.54 Å². The molecule has 0 spiro atoms. The molecule has 1 aliphatic heterocycles. The number of carbonyl (C=O) groups excluding carboxylic acids is 1. The first-order chi connectivity index (χ1) is 10.7. The average Bonchev–Trinajstić information content (AvgIpc) is 2.73. The van der Waals surface area contributed by atoms with Gasteiger partial charge in [0, 0.05) is 17.4 Å². The molecule has 1 aromatic rings. The third-order valence-corrected chi connectivity index (χ3v) is 4.37. The Morgan fingerprint density at radius 1 is 1.65 bits per heavy atom. The number of ether oxygens (including phenoxy) is 1. The predicted octanol–water partition coefficient (Wildman–Crippen LogP) is 3.79. The zero-order valence-corrected chi connectivity index (χ0v) is 14.1. The van der Waals surface area contributed by atoms with E-state index in [1.807, 2.05) is 13.8 Å². The molecule has 8 heteroatoms. The predicted molar refractivity (Wildman–Crippen MR) is 90.9 cm³/mol. The number of thioether (sulfide) groups is 1. The molecule has 0 saturated carbocycles. The Bertz CT molecular complexity index is 703. The van der Waals surface area contributed by atoms with E-state index in [2.05, 4.69) is 11.2 Å². The van der Waals surface area contributed by atoms with Gasteiger partial charge in [-0.1, -0.05) is 29.3 Å². The number of terminal acetylenes is 1. The number of halogens is 2. The number of nitrogens with zero attached hydrogens (tertiary/aromatic N) is 1. The number of rotatable bonds is 3. The van der Waals surface area contributed by atoms with Crippen molar-refractivity contribution in [1.29, 1.82) is 5.41 Å². The molecule has 2 amide bonds. The first-order valence-corrected chi connectivity index (χ1v) is 7.84. The number of hydrogen-bond donors (Lipinski definition) is 2. The highest BCUT2D eigenvalue weighted by Gasteiger charge is 2.37. The van der Waals surface area contributed by atoms with Crippen LogP contribution in [0.3, 0.4) is 0 Å². The van der Waals surface area contributed by atoms with Gasteiger partial charge in [0.1, 0.15) is 18.2 Å². The molecule has 0 atom stereocenters. The molecule has 1 saturated heterocycles. The van der Waals surface area contributed by atoms with Crippen LogP contribution in [0.15, 0.2) is 12.1 Å². The standard InChI is InChI=1S/C15H15ClFN3O2S/c1-4-5-22-12-7-11(10(17)6-9(12)16)19-14(21)20-8-15(2,3)23-13(20)18/h1,6-7,18H,5,8H2,2-3H3,(H,19,21). The molecule has 0 aromatic heterocycles. The van der Waals surface area contributed by atoms with Gasteiger partial charge in [-0.2, -0.15) is 0 Å². The number of nitrogens with one attached hydrogen (secondary N) is 2. The van der Waals surface area contributed by atoms with Crippen LogP contribution >= 0.6 is 23.4 Å². The number of urea groups is 1. The van der Waals surface area contributed by atoms with Crippen LogP contribution in [0.2, 0.25) is 5.02 Å². The molecule has 0 radical (unpaired) electrons. The van der Waals surface area contributed by atoms with Crippen molar-refractivity contribution in [2.75, 3.05) is 18.5 Å². The van der Waals surface area contributed by atoms with Crippen LogP contribution < -0.4 is 10.1 Å². The molecule has 0 bridgehead atoms. The summed E-state index contributed by atoms with van der Waals surface area (Å²) in [5.74, 6) is 1.75. The fraction of sp³-hybridized carbons (Fsp3) is 0.333. The molecule has 1 heterocycles. The van der Waals surface area contributed by atoms with Crippen molar-refractivity contribution in [3.8, 4) is 18.1 Å². The monoisotopic (exact) mass is 355 g/mol. The van der Waals surface area contributed by atoms with E-state index in [1.165, 1.54) is 22.7 Å². The lowest BCUT2D eigenvalue weighted by Crippen LogP contribution is -2.37. The summed E-state index contributed by atoms with van der Waals surface area (Å²) in [4.78, 5) is 13.5. The van der Waals surface area contributed by atoms with E-state index in [9.17, 15) is 9.18 Å². The second kappa shape index (κ2) is 6.69. The molecular weight excluding hydrogens is 341 g/mol. The van der Waals surface area contributed by atoms with Crippen LogP contribution in [0.5, 0.6) is 5.75 Å². The Hall–Kier alpha value is -1.91. The van der Waals surface area contributed by atoms with Gasteiger partial charge < -0.3 is 10.1 Å². The van der Waals surface area contributed by atoms with Gasteiger partial charge in [-0.3, -0.25) is 10.3 Å². The summed E-state index contributed by atoms with van der Waals surface area (Å²) in [5.41, 5.74) is -0.0890. The van der Waals surface area contributed by atoms with Crippen LogP contribution in [0.25, 0.3) is 0 Å². The Labute approximate surface area is 143 Å². The van der Waals surface area contributed by atoms with E-state index in [0.717, 1.165) is 6.07 Å². The number of hydrogen-bond acceptors (Lipinski definition) is 4. The van der Waals surface area contributed by atoms with Crippen molar-refractivity contribution in [3.63, 3.8) is 0 Å². The smallest absolute Gasteiger partial charge is 0.328 e. The fourth-order valence-electron chi connectivity index (χ4n) is 2.00. The molecule has 5 nitrogen and oxygen atoms in total. The lowest BCUT2D eigenvalue weighted by atomic mass is 10.2. The normalized spacial score (nSPS) is 16.1. The van der Waals surface area contributed by atoms with E-state index in [-0.39, 0.29) is 33.0 Å². The molecule has 1 fully saturated rings. The Balaban J connectivity index is 2.18. The minimum Gasteiger partial charge on any atom is -0.479 e. The highest BCUT2D eigenvalue weighted by atomic mass is 35.5. The first-order valence-electron chi connectivity index (χ1n) is 6.65.